The van der Waals surface area contributed by atoms with E-state index < -0.39 is 0 Å². The molecule has 0 saturated heterocycles. The van der Waals surface area contributed by atoms with Gasteiger partial charge in [0, 0.05) is 20.0 Å². The van der Waals surface area contributed by atoms with Crippen LogP contribution >= 0.6 is 0 Å². The van der Waals surface area contributed by atoms with Gasteiger partial charge < -0.3 is 0 Å². The van der Waals surface area contributed by atoms with Crippen LogP contribution < -0.4 is 0 Å². The first kappa shape index (κ1) is 8.17. The second-order valence-electron chi connectivity index (χ2n) is 2.75. The van der Waals surface area contributed by atoms with Crippen LogP contribution in [0.3, 0.4) is 0 Å². The lowest BCUT2D eigenvalue weighted by Gasteiger charge is -2.03. The maximum absolute atomic E-state index is 10.3. The minimum Gasteiger partial charge on any atom is -0.300 e. The van der Waals surface area contributed by atoms with E-state index in [1.54, 1.807) is 0 Å². The van der Waals surface area contributed by atoms with E-state index in [9.17, 15) is 4.91 Å². The second kappa shape index (κ2) is 3.46. The molecule has 0 aromatic heterocycles. The lowest BCUT2D eigenvalue weighted by atomic mass is 10.1. The second-order valence-corrected chi connectivity index (χ2v) is 2.75. The number of rotatable bonds is 3. The molecule has 1 rings (SSSR count). The van der Waals surface area contributed by atoms with Gasteiger partial charge in [0.25, 0.3) is 0 Å². The third kappa shape index (κ3) is 1.76. The Morgan fingerprint density at radius 1 is 1.82 bits per heavy atom. The number of hydrazone groups is 1. The van der Waals surface area contributed by atoms with E-state index in [0.29, 0.717) is 0 Å². The summed E-state index contributed by atoms with van der Waals surface area (Å²) in [6.07, 6.45) is 1.65. The lowest BCUT2D eigenvalue weighted by molar-refractivity contribution is 0.392. The summed E-state index contributed by atoms with van der Waals surface area (Å²) < 4.78 is 0. The molecular weight excluding hydrogens is 142 g/mol. The third-order valence-corrected chi connectivity index (χ3v) is 1.89. The van der Waals surface area contributed by atoms with Crippen molar-refractivity contribution in [3.05, 3.63) is 4.91 Å². The summed E-state index contributed by atoms with van der Waals surface area (Å²) in [4.78, 5) is 10.3. The van der Waals surface area contributed by atoms with Crippen LogP contribution in [-0.2, 0) is 0 Å². The number of nitrogens with zero attached hydrogens (tertiary/aromatic N) is 3. The maximum Gasteiger partial charge on any atom is 0.131 e. The average Bonchev–Trinajstić information content (AvgIpc) is 2.39. The Morgan fingerprint density at radius 3 is 2.91 bits per heavy atom. The Labute approximate surface area is 66.2 Å². The predicted molar refractivity (Wildman–Crippen MR) is 44.6 cm³/mol. The highest BCUT2D eigenvalue weighted by Gasteiger charge is 2.19. The van der Waals surface area contributed by atoms with Crippen molar-refractivity contribution in [3.8, 4) is 0 Å². The van der Waals surface area contributed by atoms with Crippen LogP contribution in [0.4, 0.5) is 0 Å². The molecule has 0 amide bonds. The van der Waals surface area contributed by atoms with E-state index in [1.807, 2.05) is 19.0 Å². The van der Waals surface area contributed by atoms with Crippen LogP contribution in [0.25, 0.3) is 0 Å². The molecule has 1 aliphatic rings. The molecule has 0 fully saturated rings. The van der Waals surface area contributed by atoms with Crippen molar-refractivity contribution >= 4 is 5.71 Å². The van der Waals surface area contributed by atoms with Crippen LogP contribution in [0.5, 0.6) is 0 Å². The van der Waals surface area contributed by atoms with Crippen LogP contribution in [0.15, 0.2) is 10.3 Å². The van der Waals surface area contributed by atoms with Gasteiger partial charge >= 0.3 is 0 Å². The van der Waals surface area contributed by atoms with Crippen molar-refractivity contribution in [2.75, 3.05) is 13.6 Å². The van der Waals surface area contributed by atoms with Gasteiger partial charge in [0.1, 0.15) is 6.04 Å². The topological polar surface area (TPSA) is 45.0 Å². The van der Waals surface area contributed by atoms with Gasteiger partial charge in [-0.3, -0.25) is 5.01 Å². The minimum atomic E-state index is -0.194. The van der Waals surface area contributed by atoms with Crippen LogP contribution in [0, 0.1) is 4.91 Å². The summed E-state index contributed by atoms with van der Waals surface area (Å²) in [5, 5.41) is 9.05. The fraction of sp³-hybridized carbons (Fsp3) is 0.857. The van der Waals surface area contributed by atoms with Gasteiger partial charge in [-0.1, -0.05) is 12.1 Å². The summed E-state index contributed by atoms with van der Waals surface area (Å²) in [7, 11) is 1.91. The summed E-state index contributed by atoms with van der Waals surface area (Å²) in [6.45, 7) is 2.87. The average molecular weight is 155 g/mol. The van der Waals surface area contributed by atoms with Gasteiger partial charge in [0.15, 0.2) is 0 Å². The molecule has 0 radical (unpaired) electrons. The Morgan fingerprint density at radius 2 is 2.55 bits per heavy atom. The first-order chi connectivity index (χ1) is 5.27. The highest BCUT2D eigenvalue weighted by Crippen LogP contribution is 2.11. The highest BCUT2D eigenvalue weighted by molar-refractivity contribution is 5.90. The molecule has 0 N–H and O–H groups in total. The standard InChI is InChI=1S/C7H13N3O/c1-3-6(9-11)7-4-5-10(2)8-7/h6H,3-5H2,1-2H3. The van der Waals surface area contributed by atoms with Crippen molar-refractivity contribution in [2.24, 2.45) is 10.3 Å². The normalized spacial score (nSPS) is 19.8. The minimum absolute atomic E-state index is 0.194. The Hall–Kier alpha value is -0.930. The fourth-order valence-corrected chi connectivity index (χ4v) is 1.20. The molecule has 4 nitrogen and oxygen atoms in total. The zero-order valence-electron chi connectivity index (χ0n) is 6.95. The smallest absolute Gasteiger partial charge is 0.131 e. The quantitative estimate of drug-likeness (QED) is 0.575. The van der Waals surface area contributed by atoms with E-state index in [2.05, 4.69) is 10.3 Å². The zero-order chi connectivity index (χ0) is 8.27. The molecule has 11 heavy (non-hydrogen) atoms. The van der Waals surface area contributed by atoms with E-state index in [1.165, 1.54) is 0 Å². The number of hydrogen-bond acceptors (Lipinski definition) is 4. The van der Waals surface area contributed by atoms with Crippen molar-refractivity contribution < 1.29 is 0 Å². The maximum atomic E-state index is 10.3. The fourth-order valence-electron chi connectivity index (χ4n) is 1.20. The van der Waals surface area contributed by atoms with E-state index in [-0.39, 0.29) is 6.04 Å². The van der Waals surface area contributed by atoms with E-state index >= 15 is 0 Å². The Balaban J connectivity index is 2.58. The molecule has 0 aliphatic carbocycles. The molecule has 1 atom stereocenters. The molecule has 4 heteroatoms. The molecule has 0 saturated carbocycles. The zero-order valence-corrected chi connectivity index (χ0v) is 6.95. The van der Waals surface area contributed by atoms with Gasteiger partial charge in [-0.15, -0.1) is 0 Å². The summed E-state index contributed by atoms with van der Waals surface area (Å²) in [6, 6.07) is -0.194. The number of nitroso groups, excluding NO2 is 1. The molecule has 62 valence electrons. The monoisotopic (exact) mass is 155 g/mol. The first-order valence-electron chi connectivity index (χ1n) is 3.89. The summed E-state index contributed by atoms with van der Waals surface area (Å²) >= 11 is 0. The van der Waals surface area contributed by atoms with E-state index in [4.69, 9.17) is 0 Å². The van der Waals surface area contributed by atoms with Crippen molar-refractivity contribution in [1.82, 2.24) is 5.01 Å². The van der Waals surface area contributed by atoms with Crippen molar-refractivity contribution in [3.63, 3.8) is 0 Å². The van der Waals surface area contributed by atoms with Gasteiger partial charge in [-0.05, 0) is 6.42 Å². The Kier molecular flexibility index (Phi) is 2.57. The van der Waals surface area contributed by atoms with E-state index in [0.717, 1.165) is 25.1 Å². The highest BCUT2D eigenvalue weighted by atomic mass is 16.3. The predicted octanol–water partition coefficient (Wildman–Crippen LogP) is 1.22. The molecule has 1 heterocycles. The SMILES string of the molecule is CCC(N=O)C1=NN(C)CC1. The largest absolute Gasteiger partial charge is 0.300 e. The molecular formula is C7H13N3O. The van der Waals surface area contributed by atoms with Gasteiger partial charge in [-0.25, -0.2) is 0 Å². The molecule has 0 bridgehead atoms. The van der Waals surface area contributed by atoms with Gasteiger partial charge in [0.05, 0.1) is 5.71 Å². The molecule has 1 unspecified atom stereocenters. The van der Waals surface area contributed by atoms with Crippen LogP contribution in [0.1, 0.15) is 19.8 Å². The summed E-state index contributed by atoms with van der Waals surface area (Å²) in [5.41, 5.74) is 0.935. The molecule has 0 spiro atoms. The van der Waals surface area contributed by atoms with Crippen molar-refractivity contribution in [2.45, 2.75) is 25.8 Å². The molecule has 0 aromatic carbocycles. The Bertz CT molecular complexity index is 179. The lowest BCUT2D eigenvalue weighted by Crippen LogP contribution is -2.14. The number of hydrogen-bond donors (Lipinski definition) is 0. The van der Waals surface area contributed by atoms with Gasteiger partial charge in [-0.2, -0.15) is 10.0 Å². The molecule has 0 aromatic rings. The van der Waals surface area contributed by atoms with Crippen LogP contribution in [-0.4, -0.2) is 30.4 Å². The first-order valence-corrected chi connectivity index (χ1v) is 3.89. The van der Waals surface area contributed by atoms with Gasteiger partial charge in [0.2, 0.25) is 0 Å². The van der Waals surface area contributed by atoms with Crippen molar-refractivity contribution in [1.29, 1.82) is 0 Å². The summed E-state index contributed by atoms with van der Waals surface area (Å²) in [5.74, 6) is 0. The van der Waals surface area contributed by atoms with Crippen LogP contribution in [0.2, 0.25) is 0 Å². The molecule has 1 aliphatic heterocycles. The third-order valence-electron chi connectivity index (χ3n) is 1.89.